The van der Waals surface area contributed by atoms with E-state index in [0.29, 0.717) is 31.0 Å². The first-order valence-electron chi connectivity index (χ1n) is 7.76. The molecule has 0 atom stereocenters. The van der Waals surface area contributed by atoms with Gasteiger partial charge in [0.1, 0.15) is 0 Å². The molecular weight excluding hydrogens is 344 g/mol. The summed E-state index contributed by atoms with van der Waals surface area (Å²) in [4.78, 5) is 0.371. The maximum absolute atomic E-state index is 13.1. The van der Waals surface area contributed by atoms with Crippen molar-refractivity contribution in [2.45, 2.75) is 31.7 Å². The molecule has 24 heavy (non-hydrogen) atoms. The summed E-state index contributed by atoms with van der Waals surface area (Å²) in [7, 11) is -3.54. The summed E-state index contributed by atoms with van der Waals surface area (Å²) in [6.07, 6.45) is 0.636. The Morgan fingerprint density at radius 3 is 2.29 bits per heavy atom. The number of sulfonamides is 1. The van der Waals surface area contributed by atoms with Crippen molar-refractivity contribution in [3.63, 3.8) is 0 Å². The summed E-state index contributed by atoms with van der Waals surface area (Å²) in [5.41, 5.74) is 8.38. The molecule has 0 saturated heterocycles. The lowest BCUT2D eigenvalue weighted by Gasteiger charge is -2.23. The van der Waals surface area contributed by atoms with Crippen LogP contribution >= 0.6 is 12.4 Å². The minimum atomic E-state index is -3.54. The minimum Gasteiger partial charge on any atom is -0.330 e. The molecule has 132 valence electrons. The molecule has 2 N–H and O–H groups in total. The fourth-order valence-electron chi connectivity index (χ4n) is 2.57. The van der Waals surface area contributed by atoms with E-state index in [-0.39, 0.29) is 12.4 Å². The number of hydrogen-bond donors (Lipinski definition) is 1. The van der Waals surface area contributed by atoms with Crippen LogP contribution in [0.4, 0.5) is 0 Å². The summed E-state index contributed by atoms with van der Waals surface area (Å²) >= 11 is 0. The van der Waals surface area contributed by atoms with Crippen molar-refractivity contribution < 1.29 is 8.42 Å². The van der Waals surface area contributed by atoms with Crippen molar-refractivity contribution in [1.82, 2.24) is 4.31 Å². The summed E-state index contributed by atoms with van der Waals surface area (Å²) in [5, 5.41) is 0. The Bertz CT molecular complexity index is 749. The predicted octanol–water partition coefficient (Wildman–Crippen LogP) is 3.26. The fraction of sp³-hybridized carbons (Fsp3) is 0.333. The molecule has 0 heterocycles. The van der Waals surface area contributed by atoms with Crippen LogP contribution in [0.25, 0.3) is 0 Å². The van der Waals surface area contributed by atoms with Crippen molar-refractivity contribution in [3.8, 4) is 0 Å². The van der Waals surface area contributed by atoms with Crippen LogP contribution in [0.3, 0.4) is 0 Å². The summed E-state index contributed by atoms with van der Waals surface area (Å²) in [6, 6.07) is 15.1. The Balaban J connectivity index is 0.00000288. The molecule has 0 fully saturated rings. The Kier molecular flexibility index (Phi) is 7.90. The zero-order valence-electron chi connectivity index (χ0n) is 14.1. The van der Waals surface area contributed by atoms with Crippen LogP contribution in [0.5, 0.6) is 0 Å². The van der Waals surface area contributed by atoms with Gasteiger partial charge in [-0.1, -0.05) is 48.0 Å². The molecular formula is C18H25ClN2O2S. The van der Waals surface area contributed by atoms with E-state index in [2.05, 4.69) is 0 Å². The van der Waals surface area contributed by atoms with Gasteiger partial charge in [0.25, 0.3) is 0 Å². The van der Waals surface area contributed by atoms with Gasteiger partial charge in [0.15, 0.2) is 0 Å². The number of aryl methyl sites for hydroxylation is 2. The van der Waals surface area contributed by atoms with Gasteiger partial charge in [0, 0.05) is 13.1 Å². The monoisotopic (exact) mass is 368 g/mol. The van der Waals surface area contributed by atoms with Gasteiger partial charge in [-0.3, -0.25) is 0 Å². The fourth-order valence-corrected chi connectivity index (χ4v) is 4.24. The molecule has 0 amide bonds. The van der Waals surface area contributed by atoms with Crippen LogP contribution in [-0.2, 0) is 16.6 Å². The van der Waals surface area contributed by atoms with Gasteiger partial charge in [-0.2, -0.15) is 4.31 Å². The standard InChI is InChI=1S/C18H24N2O2S.ClH/c1-15-9-10-18(16(2)13-15)23(21,22)20(12-6-11-19)14-17-7-4-3-5-8-17;/h3-5,7-10,13H,6,11-12,14,19H2,1-2H3;1H. The molecule has 0 bridgehead atoms. The van der Waals surface area contributed by atoms with Crippen LogP contribution in [0.15, 0.2) is 53.4 Å². The van der Waals surface area contributed by atoms with Crippen LogP contribution < -0.4 is 5.73 Å². The van der Waals surface area contributed by atoms with E-state index < -0.39 is 10.0 Å². The van der Waals surface area contributed by atoms with Crippen LogP contribution in [-0.4, -0.2) is 25.8 Å². The first kappa shape index (κ1) is 20.6. The molecule has 2 aromatic carbocycles. The summed E-state index contributed by atoms with van der Waals surface area (Å²) in [5.74, 6) is 0. The van der Waals surface area contributed by atoms with Gasteiger partial charge < -0.3 is 5.73 Å². The van der Waals surface area contributed by atoms with Gasteiger partial charge in [0.2, 0.25) is 10.0 Å². The lowest BCUT2D eigenvalue weighted by molar-refractivity contribution is 0.401. The Morgan fingerprint density at radius 1 is 1.04 bits per heavy atom. The molecule has 4 nitrogen and oxygen atoms in total. The van der Waals surface area contributed by atoms with Gasteiger partial charge >= 0.3 is 0 Å². The molecule has 0 aromatic heterocycles. The Morgan fingerprint density at radius 2 is 1.71 bits per heavy atom. The lowest BCUT2D eigenvalue weighted by atomic mass is 10.2. The van der Waals surface area contributed by atoms with Crippen LogP contribution in [0, 0.1) is 13.8 Å². The number of benzene rings is 2. The third-order valence-electron chi connectivity index (χ3n) is 3.76. The largest absolute Gasteiger partial charge is 0.330 e. The Labute approximate surface area is 151 Å². The smallest absolute Gasteiger partial charge is 0.243 e. The number of halogens is 1. The summed E-state index contributed by atoms with van der Waals surface area (Å²) < 4.78 is 27.6. The second-order valence-corrected chi connectivity index (χ2v) is 7.64. The van der Waals surface area contributed by atoms with Crippen molar-refractivity contribution in [2.75, 3.05) is 13.1 Å². The van der Waals surface area contributed by atoms with Crippen LogP contribution in [0.1, 0.15) is 23.1 Å². The number of rotatable bonds is 7. The highest BCUT2D eigenvalue weighted by Crippen LogP contribution is 2.23. The lowest BCUT2D eigenvalue weighted by Crippen LogP contribution is -2.33. The normalized spacial score (nSPS) is 11.3. The van der Waals surface area contributed by atoms with Gasteiger partial charge in [-0.05, 0) is 44.0 Å². The zero-order valence-corrected chi connectivity index (χ0v) is 15.7. The molecule has 0 radical (unpaired) electrons. The van der Waals surface area contributed by atoms with E-state index in [1.165, 1.54) is 4.31 Å². The van der Waals surface area contributed by atoms with E-state index in [1.54, 1.807) is 6.07 Å². The maximum Gasteiger partial charge on any atom is 0.243 e. The first-order chi connectivity index (χ1) is 10.9. The van der Waals surface area contributed by atoms with Crippen molar-refractivity contribution in [1.29, 1.82) is 0 Å². The molecule has 0 unspecified atom stereocenters. The van der Waals surface area contributed by atoms with E-state index >= 15 is 0 Å². The third kappa shape index (κ3) is 5.05. The molecule has 0 aliphatic heterocycles. The molecule has 0 aliphatic rings. The zero-order chi connectivity index (χ0) is 16.9. The minimum absolute atomic E-state index is 0. The molecule has 2 rings (SSSR count). The van der Waals surface area contributed by atoms with Gasteiger partial charge in [-0.25, -0.2) is 8.42 Å². The van der Waals surface area contributed by atoms with Crippen LogP contribution in [0.2, 0.25) is 0 Å². The highest BCUT2D eigenvalue weighted by molar-refractivity contribution is 7.89. The molecule has 0 aliphatic carbocycles. The second kappa shape index (κ2) is 9.18. The van der Waals surface area contributed by atoms with E-state index in [9.17, 15) is 8.42 Å². The number of nitrogens with two attached hydrogens (primary N) is 1. The van der Waals surface area contributed by atoms with E-state index in [1.807, 2.05) is 56.3 Å². The number of hydrogen-bond acceptors (Lipinski definition) is 3. The summed E-state index contributed by atoms with van der Waals surface area (Å²) in [6.45, 7) is 5.04. The Hall–Kier alpha value is -1.40. The SMILES string of the molecule is Cc1ccc(S(=O)(=O)N(CCCN)Cc2ccccc2)c(C)c1.Cl. The highest BCUT2D eigenvalue weighted by Gasteiger charge is 2.25. The predicted molar refractivity (Wildman–Crippen MR) is 101 cm³/mol. The molecule has 2 aromatic rings. The van der Waals surface area contributed by atoms with Crippen molar-refractivity contribution >= 4 is 22.4 Å². The van der Waals surface area contributed by atoms with Crippen molar-refractivity contribution in [3.05, 3.63) is 65.2 Å². The van der Waals surface area contributed by atoms with Gasteiger partial charge in [-0.15, -0.1) is 12.4 Å². The average Bonchev–Trinajstić information content (AvgIpc) is 2.52. The van der Waals surface area contributed by atoms with E-state index in [0.717, 1.165) is 16.7 Å². The molecule has 6 heteroatoms. The number of nitrogens with zero attached hydrogens (tertiary/aromatic N) is 1. The maximum atomic E-state index is 13.1. The topological polar surface area (TPSA) is 63.4 Å². The van der Waals surface area contributed by atoms with Crippen molar-refractivity contribution in [2.24, 2.45) is 5.73 Å². The highest BCUT2D eigenvalue weighted by atomic mass is 35.5. The molecule has 0 saturated carbocycles. The molecule has 0 spiro atoms. The average molecular weight is 369 g/mol. The quantitative estimate of drug-likeness (QED) is 0.815. The second-order valence-electron chi connectivity index (χ2n) is 5.74. The van der Waals surface area contributed by atoms with Gasteiger partial charge in [0.05, 0.1) is 4.90 Å². The first-order valence-corrected chi connectivity index (χ1v) is 9.20. The van der Waals surface area contributed by atoms with E-state index in [4.69, 9.17) is 5.73 Å². The third-order valence-corrected chi connectivity index (χ3v) is 5.77.